The number of hydrogen-bond donors (Lipinski definition) is 1. The fourth-order valence-corrected chi connectivity index (χ4v) is 2.00. The maximum atomic E-state index is 12.2. The van der Waals surface area contributed by atoms with Crippen LogP contribution >= 0.6 is 0 Å². The Morgan fingerprint density at radius 2 is 2.18 bits per heavy atom. The van der Waals surface area contributed by atoms with Crippen molar-refractivity contribution in [1.29, 1.82) is 0 Å². The van der Waals surface area contributed by atoms with Gasteiger partial charge in [0.05, 0.1) is 11.8 Å². The molecule has 22 heavy (non-hydrogen) atoms. The Morgan fingerprint density at radius 3 is 2.86 bits per heavy atom. The summed E-state index contributed by atoms with van der Waals surface area (Å²) in [5.41, 5.74) is 0.396. The molecule has 1 aromatic carbocycles. The van der Waals surface area contributed by atoms with Gasteiger partial charge in [0.15, 0.2) is 11.9 Å². The number of hydrogen-bond acceptors (Lipinski definition) is 5. The van der Waals surface area contributed by atoms with Gasteiger partial charge >= 0.3 is 5.97 Å². The first-order chi connectivity index (χ1) is 10.5. The topological polar surface area (TPSA) is 86.0 Å². The maximum Gasteiger partial charge on any atom is 0.344 e. The van der Waals surface area contributed by atoms with Crippen LogP contribution < -0.4 is 9.47 Å². The van der Waals surface area contributed by atoms with Crippen molar-refractivity contribution in [3.63, 3.8) is 0 Å². The van der Waals surface area contributed by atoms with E-state index in [0.717, 1.165) is 0 Å². The van der Waals surface area contributed by atoms with E-state index in [9.17, 15) is 9.59 Å². The van der Waals surface area contributed by atoms with Crippen LogP contribution in [0.25, 0.3) is 6.08 Å². The van der Waals surface area contributed by atoms with Crippen LogP contribution in [0, 0.1) is 0 Å². The summed E-state index contributed by atoms with van der Waals surface area (Å²) in [7, 11) is 0. The van der Waals surface area contributed by atoms with Gasteiger partial charge in [-0.2, -0.15) is 0 Å². The van der Waals surface area contributed by atoms with Gasteiger partial charge in [0.1, 0.15) is 17.3 Å². The Labute approximate surface area is 125 Å². The quantitative estimate of drug-likeness (QED) is 0.874. The highest BCUT2D eigenvalue weighted by Gasteiger charge is 2.28. The number of fused-ring (bicyclic) bond motifs is 1. The van der Waals surface area contributed by atoms with Gasteiger partial charge in [-0.3, -0.25) is 4.79 Å². The Balaban J connectivity index is 1.85. The second-order valence-corrected chi connectivity index (χ2v) is 4.71. The van der Waals surface area contributed by atoms with Gasteiger partial charge in [-0.05, 0) is 31.2 Å². The van der Waals surface area contributed by atoms with Crippen LogP contribution in [0.2, 0.25) is 0 Å². The predicted octanol–water partition coefficient (Wildman–Crippen LogP) is 2.75. The number of aliphatic carboxylic acids is 1. The van der Waals surface area contributed by atoms with Gasteiger partial charge in [-0.15, -0.1) is 0 Å². The molecular formula is C16H12O6. The molecule has 6 heteroatoms. The summed E-state index contributed by atoms with van der Waals surface area (Å²) in [6.45, 7) is 1.42. The fourth-order valence-electron chi connectivity index (χ4n) is 2.00. The number of carboxylic acids is 1. The van der Waals surface area contributed by atoms with Gasteiger partial charge in [-0.1, -0.05) is 0 Å². The smallest absolute Gasteiger partial charge is 0.344 e. The first-order valence-electron chi connectivity index (χ1n) is 6.56. The van der Waals surface area contributed by atoms with Crippen molar-refractivity contribution in [3.8, 4) is 11.5 Å². The summed E-state index contributed by atoms with van der Waals surface area (Å²) >= 11 is 0. The Kier molecular flexibility index (Phi) is 3.42. The second kappa shape index (κ2) is 5.40. The average molecular weight is 300 g/mol. The number of rotatable bonds is 4. The monoisotopic (exact) mass is 300 g/mol. The minimum Gasteiger partial charge on any atom is -0.479 e. The van der Waals surface area contributed by atoms with Crippen molar-refractivity contribution < 1.29 is 28.6 Å². The van der Waals surface area contributed by atoms with E-state index < -0.39 is 12.1 Å². The van der Waals surface area contributed by atoms with E-state index in [2.05, 4.69) is 0 Å². The van der Waals surface area contributed by atoms with Crippen molar-refractivity contribution in [2.24, 2.45) is 0 Å². The number of ether oxygens (including phenoxy) is 2. The standard InChI is InChI=1S/C16H12O6/c1-9(16(18)19)21-11-4-5-12-13(8-11)22-14(15(12)17)7-10-3-2-6-20-10/h2-9H,1H3,(H,18,19). The van der Waals surface area contributed by atoms with Crippen molar-refractivity contribution in [2.75, 3.05) is 0 Å². The first kappa shape index (κ1) is 13.9. The highest BCUT2D eigenvalue weighted by atomic mass is 16.5. The summed E-state index contributed by atoms with van der Waals surface area (Å²) in [5, 5.41) is 8.83. The molecule has 0 spiro atoms. The highest BCUT2D eigenvalue weighted by molar-refractivity contribution is 6.14. The summed E-state index contributed by atoms with van der Waals surface area (Å²) < 4.78 is 15.9. The first-order valence-corrected chi connectivity index (χ1v) is 6.56. The molecule has 0 aliphatic carbocycles. The van der Waals surface area contributed by atoms with Crippen LogP contribution in [0.1, 0.15) is 23.0 Å². The van der Waals surface area contributed by atoms with Gasteiger partial charge in [0, 0.05) is 12.1 Å². The minimum atomic E-state index is -1.07. The maximum absolute atomic E-state index is 12.2. The lowest BCUT2D eigenvalue weighted by Gasteiger charge is -2.10. The van der Waals surface area contributed by atoms with Crippen molar-refractivity contribution in [2.45, 2.75) is 13.0 Å². The molecule has 0 fully saturated rings. The summed E-state index contributed by atoms with van der Waals surface area (Å²) in [6.07, 6.45) is 2.01. The largest absolute Gasteiger partial charge is 0.479 e. The van der Waals surface area contributed by atoms with Crippen molar-refractivity contribution >= 4 is 17.8 Å². The zero-order chi connectivity index (χ0) is 15.7. The lowest BCUT2D eigenvalue weighted by Crippen LogP contribution is -2.22. The summed E-state index contributed by atoms with van der Waals surface area (Å²) in [4.78, 5) is 23.0. The SMILES string of the molecule is CC(Oc1ccc2c(c1)OC(=Cc1ccco1)C2=O)C(=O)O. The van der Waals surface area contributed by atoms with E-state index in [1.165, 1.54) is 31.4 Å². The van der Waals surface area contributed by atoms with E-state index in [-0.39, 0.29) is 11.5 Å². The molecule has 0 radical (unpaired) electrons. The molecule has 1 aliphatic rings. The molecule has 0 bridgehead atoms. The third-order valence-electron chi connectivity index (χ3n) is 3.12. The van der Waals surface area contributed by atoms with Gasteiger partial charge in [0.25, 0.3) is 0 Å². The molecule has 1 atom stereocenters. The molecule has 1 aromatic heterocycles. The van der Waals surface area contributed by atoms with Crippen LogP contribution in [0.15, 0.2) is 46.8 Å². The normalized spacial score (nSPS) is 16.2. The van der Waals surface area contributed by atoms with E-state index in [1.807, 2.05) is 0 Å². The van der Waals surface area contributed by atoms with Crippen LogP contribution in [-0.2, 0) is 4.79 Å². The molecule has 112 valence electrons. The molecule has 3 rings (SSSR count). The highest BCUT2D eigenvalue weighted by Crippen LogP contribution is 2.35. The molecule has 0 amide bonds. The van der Waals surface area contributed by atoms with Crippen LogP contribution in [0.4, 0.5) is 0 Å². The van der Waals surface area contributed by atoms with E-state index in [1.54, 1.807) is 18.2 Å². The number of Topliss-reactive ketones (excluding diaryl/α,β-unsaturated/α-hetero) is 1. The van der Waals surface area contributed by atoms with Crippen molar-refractivity contribution in [3.05, 3.63) is 53.7 Å². The molecule has 2 heterocycles. The molecule has 2 aromatic rings. The van der Waals surface area contributed by atoms with Gasteiger partial charge in [0.2, 0.25) is 5.78 Å². The van der Waals surface area contributed by atoms with Crippen LogP contribution in [0.5, 0.6) is 11.5 Å². The third kappa shape index (κ3) is 2.58. The zero-order valence-electron chi connectivity index (χ0n) is 11.6. The molecule has 0 saturated carbocycles. The Hall–Kier alpha value is -3.02. The molecule has 6 nitrogen and oxygen atoms in total. The van der Waals surface area contributed by atoms with Gasteiger partial charge in [-0.25, -0.2) is 4.79 Å². The van der Waals surface area contributed by atoms with Gasteiger partial charge < -0.3 is 19.0 Å². The number of carbonyl (C=O) groups is 2. The number of allylic oxidation sites excluding steroid dienone is 1. The van der Waals surface area contributed by atoms with Crippen molar-refractivity contribution in [1.82, 2.24) is 0 Å². The second-order valence-electron chi connectivity index (χ2n) is 4.71. The molecule has 1 aliphatic heterocycles. The molecule has 1 unspecified atom stereocenters. The average Bonchev–Trinajstić information content (AvgIpc) is 3.08. The number of benzene rings is 1. The lowest BCUT2D eigenvalue weighted by molar-refractivity contribution is -0.144. The zero-order valence-corrected chi connectivity index (χ0v) is 11.6. The fraction of sp³-hybridized carbons (Fsp3) is 0.125. The van der Waals surface area contributed by atoms with E-state index in [0.29, 0.717) is 22.8 Å². The third-order valence-corrected chi connectivity index (χ3v) is 3.12. The van der Waals surface area contributed by atoms with E-state index >= 15 is 0 Å². The lowest BCUT2D eigenvalue weighted by atomic mass is 10.1. The van der Waals surface area contributed by atoms with E-state index in [4.69, 9.17) is 19.0 Å². The predicted molar refractivity (Wildman–Crippen MR) is 75.8 cm³/mol. The number of carbonyl (C=O) groups excluding carboxylic acids is 1. The van der Waals surface area contributed by atoms with Crippen LogP contribution in [0.3, 0.4) is 0 Å². The summed E-state index contributed by atoms with van der Waals surface area (Å²) in [6, 6.07) is 7.99. The van der Waals surface area contributed by atoms with Crippen LogP contribution in [-0.4, -0.2) is 23.0 Å². The molecule has 0 saturated heterocycles. The minimum absolute atomic E-state index is 0.147. The molecular weight excluding hydrogens is 288 g/mol. The molecule has 1 N–H and O–H groups in total. The Morgan fingerprint density at radius 1 is 1.36 bits per heavy atom. The number of furan rings is 1. The summed E-state index contributed by atoms with van der Waals surface area (Å²) in [5.74, 6) is -0.0285. The Bertz CT molecular complexity index is 757. The number of carboxylic acid groups (broad SMARTS) is 1. The number of ketones is 1.